The van der Waals surface area contributed by atoms with Gasteiger partial charge in [-0.15, -0.1) is 0 Å². The van der Waals surface area contributed by atoms with Crippen molar-refractivity contribution in [1.29, 1.82) is 0 Å². The molecule has 0 bridgehead atoms. The highest BCUT2D eigenvalue weighted by atomic mass is 35.5. The minimum atomic E-state index is -0.294. The summed E-state index contributed by atoms with van der Waals surface area (Å²) in [6.45, 7) is 17.7. The molecular formula is C67H61ClF2N14O2. The topological polar surface area (TPSA) is 199 Å². The second-order valence-corrected chi connectivity index (χ2v) is 19.8. The molecule has 0 aliphatic rings. The average molecular weight is 1170 g/mol. The predicted octanol–water partition coefficient (Wildman–Crippen LogP) is 15.1. The third-order valence-electron chi connectivity index (χ3n) is 13.6. The first kappa shape index (κ1) is 61.7. The van der Waals surface area contributed by atoms with Crippen LogP contribution in [0.3, 0.4) is 0 Å². The number of aryl methyl sites for hydroxylation is 9. The van der Waals surface area contributed by atoms with E-state index in [0.29, 0.717) is 10.5 Å². The van der Waals surface area contributed by atoms with Crippen molar-refractivity contribution in [2.24, 2.45) is 0 Å². The summed E-state index contributed by atoms with van der Waals surface area (Å²) in [5.74, 6) is 1.08. The summed E-state index contributed by atoms with van der Waals surface area (Å²) in [6.07, 6.45) is 10.7. The molecule has 14 rings (SSSR count). The Hall–Kier alpha value is -10.3. The number of halogens is 3. The van der Waals surface area contributed by atoms with Gasteiger partial charge in [-0.3, -0.25) is 0 Å². The molecule has 0 N–H and O–H groups in total. The molecule has 7 aromatic carbocycles. The zero-order chi connectivity index (χ0) is 61.3. The van der Waals surface area contributed by atoms with Gasteiger partial charge < -0.3 is 9.47 Å². The number of fused-ring (bicyclic) bond motifs is 7. The van der Waals surface area contributed by atoms with Crippen molar-refractivity contribution in [3.63, 3.8) is 0 Å². The van der Waals surface area contributed by atoms with E-state index in [9.17, 15) is 8.78 Å². The fourth-order valence-electron chi connectivity index (χ4n) is 8.84. The molecule has 0 amide bonds. The van der Waals surface area contributed by atoms with Gasteiger partial charge in [-0.1, -0.05) is 78.3 Å². The molecule has 7 aromatic heterocycles. The standard InChI is InChI=1S/2C10H10N2O.2C10H10N2.C9H7ClN2.2C9H7FN2/c1-7-9-4-3-8(13-2)5-10(9)12-6-11-7;1-7-8-4-3-5-9(13-2)10(8)12-6-11-7;1-7-3-4-9-8(2)11-6-12-10(9)5-7;1-7-4-3-5-9-8(2)11-6-12-10(7)9;1-6-7-3-2-4-8(10)9(7)12-5-11-6;1-6-8-4-7(10)2-3-9(8)12-5-11-6;1-6-7-3-2-4-8(10)9(7)12-5-11-6/h2*3-6H,1-2H3;2*3-6H,1-2H3;3*2-5H,1H3. The van der Waals surface area contributed by atoms with Gasteiger partial charge in [0.2, 0.25) is 0 Å². The number of para-hydroxylation sites is 4. The normalized spacial score (nSPS) is 10.4. The van der Waals surface area contributed by atoms with Crippen molar-refractivity contribution in [2.45, 2.75) is 62.3 Å². The third-order valence-corrected chi connectivity index (χ3v) is 13.9. The van der Waals surface area contributed by atoms with E-state index in [1.54, 1.807) is 51.7 Å². The van der Waals surface area contributed by atoms with Gasteiger partial charge in [-0.25, -0.2) is 78.6 Å². The third kappa shape index (κ3) is 15.5. The molecule has 432 valence electrons. The fourth-order valence-corrected chi connectivity index (χ4v) is 9.06. The van der Waals surface area contributed by atoms with E-state index in [-0.39, 0.29) is 11.6 Å². The van der Waals surface area contributed by atoms with Crippen LogP contribution in [0.15, 0.2) is 172 Å². The number of rotatable bonds is 2. The van der Waals surface area contributed by atoms with Gasteiger partial charge in [-0.2, -0.15) is 0 Å². The summed E-state index contributed by atoms with van der Waals surface area (Å²) in [4.78, 5) is 57.2. The highest BCUT2D eigenvalue weighted by Crippen LogP contribution is 2.25. The second kappa shape index (κ2) is 29.3. The van der Waals surface area contributed by atoms with Crippen LogP contribution in [-0.4, -0.2) is 84.0 Å². The van der Waals surface area contributed by atoms with E-state index in [1.165, 1.54) is 48.3 Å². The average Bonchev–Trinajstić information content (AvgIpc) is 3.34. The molecule has 0 radical (unpaired) electrons. The summed E-state index contributed by atoms with van der Waals surface area (Å²) in [5, 5.41) is 7.66. The first-order valence-electron chi connectivity index (χ1n) is 27.0. The minimum absolute atomic E-state index is 0.250. The molecule has 0 aliphatic carbocycles. The maximum Gasteiger partial charge on any atom is 0.149 e. The quantitative estimate of drug-likeness (QED) is 0.158. The zero-order valence-corrected chi connectivity index (χ0v) is 50.1. The SMILES string of the molecule is COc1ccc2c(C)ncnc2c1.COc1cccc2c(C)ncnc12.Cc1ccc2c(C)ncnc2c1.Cc1ncnc2c(C)cccc12.Cc1ncnc2c(Cl)cccc12.Cc1ncnc2c(F)cccc12.Cc1ncnc2ccc(F)cc12. The number of hydrogen-bond donors (Lipinski definition) is 0. The van der Waals surface area contributed by atoms with E-state index < -0.39 is 0 Å². The van der Waals surface area contributed by atoms with Gasteiger partial charge in [-0.05, 0) is 128 Å². The molecule has 14 aromatic rings. The summed E-state index contributed by atoms with van der Waals surface area (Å²) in [7, 11) is 3.29. The van der Waals surface area contributed by atoms with Gasteiger partial charge >= 0.3 is 0 Å². The van der Waals surface area contributed by atoms with Crippen LogP contribution in [-0.2, 0) is 0 Å². The van der Waals surface area contributed by atoms with Crippen LogP contribution >= 0.6 is 11.6 Å². The highest BCUT2D eigenvalue weighted by molar-refractivity contribution is 6.35. The lowest BCUT2D eigenvalue weighted by Gasteiger charge is -2.04. The molecule has 7 heterocycles. The van der Waals surface area contributed by atoms with Gasteiger partial charge in [0.25, 0.3) is 0 Å². The first-order chi connectivity index (χ1) is 41.5. The van der Waals surface area contributed by atoms with E-state index in [0.717, 1.165) is 122 Å². The molecular weight excluding hydrogens is 1110 g/mol. The van der Waals surface area contributed by atoms with Gasteiger partial charge in [0.15, 0.2) is 0 Å². The van der Waals surface area contributed by atoms with Crippen LogP contribution < -0.4 is 9.47 Å². The lowest BCUT2D eigenvalue weighted by atomic mass is 10.1. The molecule has 19 heteroatoms. The number of benzene rings is 7. The molecule has 0 saturated carbocycles. The Labute approximate surface area is 501 Å². The van der Waals surface area contributed by atoms with Crippen LogP contribution in [0.5, 0.6) is 11.5 Å². The molecule has 0 atom stereocenters. The Morgan fingerprint density at radius 2 is 0.756 bits per heavy atom. The van der Waals surface area contributed by atoms with Crippen molar-refractivity contribution in [2.75, 3.05) is 14.2 Å². The Morgan fingerprint density at radius 1 is 0.326 bits per heavy atom. The van der Waals surface area contributed by atoms with Crippen LogP contribution in [0.4, 0.5) is 8.78 Å². The Morgan fingerprint density at radius 3 is 1.30 bits per heavy atom. The monoisotopic (exact) mass is 1170 g/mol. The lowest BCUT2D eigenvalue weighted by molar-refractivity contribution is 0.415. The van der Waals surface area contributed by atoms with Crippen molar-refractivity contribution in [3.05, 3.63) is 239 Å². The van der Waals surface area contributed by atoms with Crippen LogP contribution in [0.1, 0.15) is 51.0 Å². The maximum atomic E-state index is 13.1. The zero-order valence-electron chi connectivity index (χ0n) is 49.4. The van der Waals surface area contributed by atoms with Crippen molar-refractivity contribution < 1.29 is 18.3 Å². The second-order valence-electron chi connectivity index (χ2n) is 19.4. The molecule has 0 spiro atoms. The summed E-state index contributed by atoms with van der Waals surface area (Å²) >= 11 is 5.94. The van der Waals surface area contributed by atoms with Crippen molar-refractivity contribution >= 4 is 87.9 Å². The lowest BCUT2D eigenvalue weighted by Crippen LogP contribution is -1.90. The van der Waals surface area contributed by atoms with Crippen molar-refractivity contribution in [1.82, 2.24) is 69.8 Å². The van der Waals surface area contributed by atoms with Gasteiger partial charge in [0.1, 0.15) is 78.5 Å². The van der Waals surface area contributed by atoms with Crippen LogP contribution in [0, 0.1) is 73.9 Å². The fraction of sp³-hybridized carbons (Fsp3) is 0.164. The van der Waals surface area contributed by atoms with Crippen LogP contribution in [0.2, 0.25) is 5.02 Å². The number of hydrogen-bond acceptors (Lipinski definition) is 16. The Kier molecular flexibility index (Phi) is 21.0. The molecule has 0 saturated heterocycles. The largest absolute Gasteiger partial charge is 0.497 e. The van der Waals surface area contributed by atoms with E-state index in [4.69, 9.17) is 21.1 Å². The summed E-state index contributed by atoms with van der Waals surface area (Å²) in [5.41, 5.74) is 15.0. The maximum absolute atomic E-state index is 13.1. The number of aromatic nitrogens is 14. The first-order valence-corrected chi connectivity index (χ1v) is 27.4. The molecule has 16 nitrogen and oxygen atoms in total. The molecule has 0 fully saturated rings. The molecule has 0 aliphatic heterocycles. The van der Waals surface area contributed by atoms with Crippen LogP contribution in [0.25, 0.3) is 76.3 Å². The number of nitrogens with zero attached hydrogens (tertiary/aromatic N) is 14. The van der Waals surface area contributed by atoms with Gasteiger partial charge in [0, 0.05) is 83.6 Å². The summed E-state index contributed by atoms with van der Waals surface area (Å²) < 4.78 is 36.1. The molecule has 86 heavy (non-hydrogen) atoms. The molecule has 0 unspecified atom stereocenters. The summed E-state index contributed by atoms with van der Waals surface area (Å²) in [6, 6.07) is 39.1. The van der Waals surface area contributed by atoms with E-state index >= 15 is 0 Å². The number of ether oxygens (including phenoxy) is 2. The predicted molar refractivity (Wildman–Crippen MR) is 337 cm³/mol. The van der Waals surface area contributed by atoms with E-state index in [1.807, 2.05) is 115 Å². The van der Waals surface area contributed by atoms with E-state index in [2.05, 4.69) is 114 Å². The smallest absolute Gasteiger partial charge is 0.149 e. The Bertz CT molecular complexity index is 4310. The minimum Gasteiger partial charge on any atom is -0.497 e. The number of methoxy groups -OCH3 is 2. The highest BCUT2D eigenvalue weighted by Gasteiger charge is 2.07. The van der Waals surface area contributed by atoms with Gasteiger partial charge in [0.05, 0.1) is 46.8 Å². The Balaban J connectivity index is 0.000000130. The van der Waals surface area contributed by atoms with Crippen molar-refractivity contribution in [3.8, 4) is 11.5 Å².